The monoisotopic (exact) mass is 379 g/mol. The maximum atomic E-state index is 12.9. The van der Waals surface area contributed by atoms with E-state index < -0.39 is 17.7 Å². The summed E-state index contributed by atoms with van der Waals surface area (Å²) in [5.74, 6) is -2.20. The number of aliphatic imine (C=N–C) groups is 1. The Labute approximate surface area is 161 Å². The van der Waals surface area contributed by atoms with Gasteiger partial charge in [0, 0.05) is 11.8 Å². The van der Waals surface area contributed by atoms with Gasteiger partial charge < -0.3 is 5.32 Å². The van der Waals surface area contributed by atoms with E-state index in [1.807, 2.05) is 19.1 Å². The highest BCUT2D eigenvalue weighted by Gasteiger charge is 2.38. The molecule has 0 aliphatic carbocycles. The number of nitrogens with zero attached hydrogens (tertiary/aromatic N) is 2. The fourth-order valence-electron chi connectivity index (χ4n) is 2.63. The number of ketones is 1. The summed E-state index contributed by atoms with van der Waals surface area (Å²) in [7, 11) is 0. The molecule has 0 bridgehead atoms. The van der Waals surface area contributed by atoms with E-state index in [9.17, 15) is 14.4 Å². The molecule has 1 aliphatic rings. The number of aryl methyl sites for hydroxylation is 1. The number of rotatable bonds is 4. The molecule has 136 valence electrons. The van der Waals surface area contributed by atoms with Crippen LogP contribution in [0.2, 0.25) is 0 Å². The van der Waals surface area contributed by atoms with Crippen molar-refractivity contribution in [3.63, 3.8) is 0 Å². The zero-order chi connectivity index (χ0) is 19.6. The molecule has 1 aliphatic heterocycles. The molecule has 0 saturated carbocycles. The summed E-state index contributed by atoms with van der Waals surface area (Å²) in [5, 5.41) is 2.58. The summed E-state index contributed by atoms with van der Waals surface area (Å²) in [6.07, 6.45) is 1.28. The largest absolute Gasteiger partial charge is 0.301 e. The van der Waals surface area contributed by atoms with Gasteiger partial charge in [0.25, 0.3) is 5.91 Å². The van der Waals surface area contributed by atoms with Crippen molar-refractivity contribution in [3.05, 3.63) is 59.7 Å². The van der Waals surface area contributed by atoms with Crippen LogP contribution in [0.4, 0.5) is 11.4 Å². The number of hydrogen-bond acceptors (Lipinski definition) is 5. The molecule has 2 amide bonds. The smallest absolute Gasteiger partial charge is 0.251 e. The van der Waals surface area contributed by atoms with Crippen LogP contribution in [0.25, 0.3) is 0 Å². The molecule has 2 aromatic rings. The first-order valence-electron chi connectivity index (χ1n) is 8.27. The number of amides is 2. The van der Waals surface area contributed by atoms with Gasteiger partial charge in [0.05, 0.1) is 11.4 Å². The lowest BCUT2D eigenvalue weighted by Crippen LogP contribution is -2.58. The third kappa shape index (κ3) is 3.98. The van der Waals surface area contributed by atoms with E-state index in [-0.39, 0.29) is 10.9 Å². The fraction of sp³-hybridized carbons (Fsp3) is 0.150. The van der Waals surface area contributed by atoms with Gasteiger partial charge in [0.1, 0.15) is 0 Å². The minimum Gasteiger partial charge on any atom is -0.301 e. The summed E-state index contributed by atoms with van der Waals surface area (Å²) < 4.78 is 0. The van der Waals surface area contributed by atoms with E-state index >= 15 is 0 Å². The molecule has 1 fully saturated rings. The molecule has 2 aromatic carbocycles. The second-order valence-corrected chi connectivity index (χ2v) is 6.55. The second kappa shape index (κ2) is 7.59. The van der Waals surface area contributed by atoms with E-state index in [1.165, 1.54) is 18.0 Å². The fourth-order valence-corrected chi connectivity index (χ4v) is 2.92. The number of hydrogen-bond donors (Lipinski definition) is 1. The van der Waals surface area contributed by atoms with Crippen molar-refractivity contribution in [2.75, 3.05) is 4.90 Å². The first-order valence-corrected chi connectivity index (χ1v) is 8.68. The molecule has 0 aromatic heterocycles. The number of thiocarbonyl (C=S) groups is 1. The van der Waals surface area contributed by atoms with Crippen molar-refractivity contribution in [2.45, 2.75) is 13.8 Å². The first-order chi connectivity index (χ1) is 12.9. The molecule has 6 nitrogen and oxygen atoms in total. The third-order valence-corrected chi connectivity index (χ3v) is 4.40. The van der Waals surface area contributed by atoms with Gasteiger partial charge in [-0.2, -0.15) is 0 Å². The Morgan fingerprint density at radius 2 is 1.89 bits per heavy atom. The van der Waals surface area contributed by atoms with E-state index in [1.54, 1.807) is 36.4 Å². The van der Waals surface area contributed by atoms with Crippen LogP contribution in [-0.2, 0) is 9.59 Å². The Balaban J connectivity index is 1.88. The van der Waals surface area contributed by atoms with E-state index in [4.69, 9.17) is 12.2 Å². The molecule has 0 spiro atoms. The molecule has 1 saturated heterocycles. The number of nitrogens with one attached hydrogen (secondary N) is 1. The van der Waals surface area contributed by atoms with Crippen molar-refractivity contribution in [2.24, 2.45) is 10.9 Å². The molecular formula is C20H17N3O3S. The number of benzene rings is 2. The number of anilines is 1. The van der Waals surface area contributed by atoms with Crippen molar-refractivity contribution in [3.8, 4) is 0 Å². The lowest BCUT2D eigenvalue weighted by atomic mass is 10.1. The summed E-state index contributed by atoms with van der Waals surface area (Å²) >= 11 is 5.16. The predicted octanol–water partition coefficient (Wildman–Crippen LogP) is 2.96. The highest BCUT2D eigenvalue weighted by Crippen LogP contribution is 2.22. The maximum absolute atomic E-state index is 12.9. The predicted molar refractivity (Wildman–Crippen MR) is 107 cm³/mol. The van der Waals surface area contributed by atoms with E-state index in [0.29, 0.717) is 16.9 Å². The lowest BCUT2D eigenvalue weighted by molar-refractivity contribution is -0.130. The Bertz CT molecular complexity index is 967. The number of carbonyl (C=O) groups excluding carboxylic acids is 3. The molecule has 1 atom stereocenters. The molecule has 27 heavy (non-hydrogen) atoms. The summed E-state index contributed by atoms with van der Waals surface area (Å²) in [6.45, 7) is 3.40. The third-order valence-electron chi connectivity index (χ3n) is 4.12. The second-order valence-electron chi connectivity index (χ2n) is 6.17. The zero-order valence-corrected chi connectivity index (χ0v) is 15.6. The van der Waals surface area contributed by atoms with Gasteiger partial charge in [-0.05, 0) is 50.3 Å². The van der Waals surface area contributed by atoms with Crippen molar-refractivity contribution < 1.29 is 14.4 Å². The Morgan fingerprint density at radius 1 is 1.19 bits per heavy atom. The Hall–Kier alpha value is -3.19. The molecule has 0 radical (unpaired) electrons. The molecular weight excluding hydrogens is 362 g/mol. The van der Waals surface area contributed by atoms with Crippen LogP contribution in [0.3, 0.4) is 0 Å². The topological polar surface area (TPSA) is 78.8 Å². The normalized spacial score (nSPS) is 17.3. The molecule has 1 heterocycles. The van der Waals surface area contributed by atoms with Crippen LogP contribution in [0.5, 0.6) is 0 Å². The van der Waals surface area contributed by atoms with Gasteiger partial charge >= 0.3 is 0 Å². The summed E-state index contributed by atoms with van der Waals surface area (Å²) in [5.41, 5.74) is 2.61. The maximum Gasteiger partial charge on any atom is 0.251 e. The van der Waals surface area contributed by atoms with Crippen molar-refractivity contribution >= 4 is 52.5 Å². The van der Waals surface area contributed by atoms with Crippen LogP contribution in [-0.4, -0.2) is 28.9 Å². The minimum atomic E-state index is -1.11. The van der Waals surface area contributed by atoms with Gasteiger partial charge in [-0.25, -0.2) is 0 Å². The minimum absolute atomic E-state index is 0.0390. The molecule has 0 unspecified atom stereocenters. The highest BCUT2D eigenvalue weighted by atomic mass is 32.1. The van der Waals surface area contributed by atoms with E-state index in [0.717, 1.165) is 5.56 Å². The summed E-state index contributed by atoms with van der Waals surface area (Å²) in [6, 6.07) is 13.9. The van der Waals surface area contributed by atoms with Crippen LogP contribution in [0, 0.1) is 12.8 Å². The van der Waals surface area contributed by atoms with Gasteiger partial charge in [-0.15, -0.1) is 0 Å². The Kier molecular flexibility index (Phi) is 5.23. The number of Topliss-reactive ketones (excluding diaryl/α,β-unsaturated/α-hetero) is 1. The van der Waals surface area contributed by atoms with Gasteiger partial charge in [0.2, 0.25) is 5.91 Å². The highest BCUT2D eigenvalue weighted by molar-refractivity contribution is 7.80. The summed E-state index contributed by atoms with van der Waals surface area (Å²) in [4.78, 5) is 42.1. The average molecular weight is 379 g/mol. The van der Waals surface area contributed by atoms with Crippen molar-refractivity contribution in [1.29, 1.82) is 0 Å². The average Bonchev–Trinajstić information content (AvgIpc) is 2.63. The Morgan fingerprint density at radius 3 is 2.56 bits per heavy atom. The lowest BCUT2D eigenvalue weighted by Gasteiger charge is -2.30. The molecule has 7 heteroatoms. The molecule has 1 N–H and O–H groups in total. The number of carbonyl (C=O) groups is 3. The standard InChI is InChI=1S/C20H17N3O3S/c1-12-6-8-16(9-7-12)23-19(26)17(18(25)22-20(23)27)11-21-15-5-3-4-14(10-15)13(2)24/h3-11,17H,1-2H3,(H,22,25,27)/t17-/m0/s1. The first kappa shape index (κ1) is 18.6. The van der Waals surface area contributed by atoms with Crippen LogP contribution < -0.4 is 10.2 Å². The van der Waals surface area contributed by atoms with Crippen LogP contribution in [0.15, 0.2) is 53.5 Å². The zero-order valence-electron chi connectivity index (χ0n) is 14.8. The quantitative estimate of drug-likeness (QED) is 0.383. The van der Waals surface area contributed by atoms with Gasteiger partial charge in [-0.1, -0.05) is 29.8 Å². The van der Waals surface area contributed by atoms with Crippen LogP contribution in [0.1, 0.15) is 22.8 Å². The van der Waals surface area contributed by atoms with E-state index in [2.05, 4.69) is 10.3 Å². The molecule has 3 rings (SSSR count). The van der Waals surface area contributed by atoms with Crippen LogP contribution >= 0.6 is 12.2 Å². The van der Waals surface area contributed by atoms with Gasteiger partial charge in [0.15, 0.2) is 16.8 Å². The van der Waals surface area contributed by atoms with Gasteiger partial charge in [-0.3, -0.25) is 24.3 Å². The van der Waals surface area contributed by atoms with Crippen molar-refractivity contribution in [1.82, 2.24) is 5.32 Å². The SMILES string of the molecule is CC(=O)c1cccc(N=C[C@H]2C(=O)NC(=S)N(c3ccc(C)cc3)C2=O)c1.